The largest absolute Gasteiger partial charge is 0.462 e. The third kappa shape index (κ3) is 4.76. The van der Waals surface area contributed by atoms with E-state index >= 15 is 0 Å². The van der Waals surface area contributed by atoms with Crippen LogP contribution >= 0.6 is 0 Å². The number of benzene rings is 1. The van der Waals surface area contributed by atoms with Gasteiger partial charge >= 0.3 is 5.97 Å². The van der Waals surface area contributed by atoms with Gasteiger partial charge in [-0.25, -0.2) is 4.79 Å². The molecule has 0 aliphatic rings. The molecule has 0 saturated heterocycles. The molecular formula is C15H20N2O3. The summed E-state index contributed by atoms with van der Waals surface area (Å²) in [4.78, 5) is 17.0. The van der Waals surface area contributed by atoms with E-state index in [2.05, 4.69) is 5.16 Å². The Kier molecular flexibility index (Phi) is 6.29. The highest BCUT2D eigenvalue weighted by Crippen LogP contribution is 2.07. The van der Waals surface area contributed by atoms with Gasteiger partial charge in [-0.3, -0.25) is 0 Å². The smallest absolute Gasteiger partial charge is 0.341 e. The van der Waals surface area contributed by atoms with Gasteiger partial charge in [0.1, 0.15) is 12.2 Å². The second kappa shape index (κ2) is 7.99. The quantitative estimate of drug-likeness (QED) is 0.374. The average molecular weight is 276 g/mol. The maximum absolute atomic E-state index is 11.8. The van der Waals surface area contributed by atoms with Gasteiger partial charge in [-0.2, -0.15) is 0 Å². The number of carbonyl (C=O) groups excluding carboxylic acids is 1. The molecule has 108 valence electrons. The van der Waals surface area contributed by atoms with Crippen LogP contribution in [0, 0.1) is 0 Å². The Labute approximate surface area is 119 Å². The predicted molar refractivity (Wildman–Crippen MR) is 77.9 cm³/mol. The van der Waals surface area contributed by atoms with Crippen molar-refractivity contribution in [1.82, 2.24) is 0 Å². The van der Waals surface area contributed by atoms with Crippen molar-refractivity contribution in [1.29, 1.82) is 0 Å². The van der Waals surface area contributed by atoms with E-state index in [1.54, 1.807) is 20.8 Å². The van der Waals surface area contributed by atoms with Gasteiger partial charge in [0.25, 0.3) is 0 Å². The predicted octanol–water partition coefficient (Wildman–Crippen LogP) is 2.37. The number of oxime groups is 1. The lowest BCUT2D eigenvalue weighted by molar-refractivity contribution is -0.137. The average Bonchev–Trinajstić information content (AvgIpc) is 2.40. The topological polar surface area (TPSA) is 73.9 Å². The van der Waals surface area contributed by atoms with Gasteiger partial charge in [0.2, 0.25) is 0 Å². The molecule has 0 radical (unpaired) electrons. The molecular weight excluding hydrogens is 256 g/mol. The molecule has 0 amide bonds. The zero-order chi connectivity index (χ0) is 15.0. The summed E-state index contributed by atoms with van der Waals surface area (Å²) in [5.74, 6) is -0.489. The standard InChI is InChI=1S/C15H20N2O3/c1-4-19-15(18)14(11(2)16)12(3)17-20-10-13-8-6-5-7-9-13/h5-9H,4,10,16H2,1-3H3/b14-11+,17-12+. The number of nitrogens with two attached hydrogens (primary N) is 1. The van der Waals surface area contributed by atoms with E-state index in [0.717, 1.165) is 5.56 Å². The molecule has 2 N–H and O–H groups in total. The van der Waals surface area contributed by atoms with E-state index in [-0.39, 0.29) is 12.2 Å². The second-order valence-corrected chi connectivity index (χ2v) is 4.21. The maximum atomic E-state index is 11.8. The molecule has 5 nitrogen and oxygen atoms in total. The molecule has 0 heterocycles. The minimum atomic E-state index is -0.489. The SMILES string of the molecule is CCOC(=O)C(/C(C)=N/OCc1ccccc1)=C(\C)N. The van der Waals surface area contributed by atoms with Crippen molar-refractivity contribution in [2.75, 3.05) is 6.61 Å². The van der Waals surface area contributed by atoms with Crippen molar-refractivity contribution >= 4 is 11.7 Å². The molecule has 1 aromatic carbocycles. The summed E-state index contributed by atoms with van der Waals surface area (Å²) in [7, 11) is 0. The van der Waals surface area contributed by atoms with Gasteiger partial charge in [-0.15, -0.1) is 0 Å². The van der Waals surface area contributed by atoms with Crippen LogP contribution in [0.1, 0.15) is 26.3 Å². The monoisotopic (exact) mass is 276 g/mol. The van der Waals surface area contributed by atoms with Crippen LogP contribution in [0.5, 0.6) is 0 Å². The Morgan fingerprint density at radius 2 is 1.90 bits per heavy atom. The van der Waals surface area contributed by atoms with Crippen LogP contribution in [0.15, 0.2) is 46.8 Å². The van der Waals surface area contributed by atoms with E-state index in [0.29, 0.717) is 18.0 Å². The first kappa shape index (κ1) is 15.8. The first-order valence-electron chi connectivity index (χ1n) is 6.40. The molecule has 5 heteroatoms. The van der Waals surface area contributed by atoms with Gasteiger partial charge in [-0.1, -0.05) is 35.5 Å². The summed E-state index contributed by atoms with van der Waals surface area (Å²) >= 11 is 0. The highest BCUT2D eigenvalue weighted by atomic mass is 16.6. The number of esters is 1. The third-order valence-electron chi connectivity index (χ3n) is 2.51. The number of hydrogen-bond acceptors (Lipinski definition) is 5. The van der Waals surface area contributed by atoms with Crippen molar-refractivity contribution in [2.45, 2.75) is 27.4 Å². The Morgan fingerprint density at radius 3 is 2.45 bits per heavy atom. The van der Waals surface area contributed by atoms with Gasteiger partial charge in [-0.05, 0) is 26.3 Å². The first-order chi connectivity index (χ1) is 9.56. The van der Waals surface area contributed by atoms with Gasteiger partial charge in [0.05, 0.1) is 12.3 Å². The van der Waals surface area contributed by atoms with Crippen molar-refractivity contribution in [2.24, 2.45) is 10.9 Å². The van der Waals surface area contributed by atoms with Gasteiger partial charge < -0.3 is 15.3 Å². The lowest BCUT2D eigenvalue weighted by Gasteiger charge is -2.08. The molecule has 20 heavy (non-hydrogen) atoms. The Morgan fingerprint density at radius 1 is 1.25 bits per heavy atom. The van der Waals surface area contributed by atoms with E-state index in [4.69, 9.17) is 15.3 Å². The van der Waals surface area contributed by atoms with Crippen LogP contribution in [0.2, 0.25) is 0 Å². The molecule has 0 unspecified atom stereocenters. The number of hydrogen-bond donors (Lipinski definition) is 1. The highest BCUT2D eigenvalue weighted by Gasteiger charge is 2.17. The van der Waals surface area contributed by atoms with Gasteiger partial charge in [0, 0.05) is 5.70 Å². The Bertz CT molecular complexity index is 503. The molecule has 0 bridgehead atoms. The second-order valence-electron chi connectivity index (χ2n) is 4.21. The third-order valence-corrected chi connectivity index (χ3v) is 2.51. The fourth-order valence-corrected chi connectivity index (χ4v) is 1.62. The van der Waals surface area contributed by atoms with E-state index < -0.39 is 5.97 Å². The van der Waals surface area contributed by atoms with Crippen LogP contribution in [-0.2, 0) is 21.0 Å². The molecule has 0 aliphatic heterocycles. The van der Waals surface area contributed by atoms with Crippen LogP contribution < -0.4 is 5.73 Å². The summed E-state index contributed by atoms with van der Waals surface area (Å²) in [5.41, 5.74) is 7.70. The Balaban J connectivity index is 2.71. The minimum Gasteiger partial charge on any atom is -0.462 e. The van der Waals surface area contributed by atoms with Crippen LogP contribution in [-0.4, -0.2) is 18.3 Å². The summed E-state index contributed by atoms with van der Waals surface area (Å²) in [6.45, 7) is 5.64. The fourth-order valence-electron chi connectivity index (χ4n) is 1.62. The summed E-state index contributed by atoms with van der Waals surface area (Å²) in [5, 5.41) is 3.92. The minimum absolute atomic E-state index is 0.250. The van der Waals surface area contributed by atoms with Gasteiger partial charge in [0.15, 0.2) is 0 Å². The van der Waals surface area contributed by atoms with E-state index in [9.17, 15) is 4.79 Å². The highest BCUT2D eigenvalue weighted by molar-refractivity contribution is 6.19. The first-order valence-corrected chi connectivity index (χ1v) is 6.40. The van der Waals surface area contributed by atoms with E-state index in [1.807, 2.05) is 30.3 Å². The summed E-state index contributed by atoms with van der Waals surface area (Å²) in [6, 6.07) is 9.63. The molecule has 1 aromatic rings. The van der Waals surface area contributed by atoms with Crippen LogP contribution in [0.4, 0.5) is 0 Å². The molecule has 0 spiro atoms. The maximum Gasteiger partial charge on any atom is 0.341 e. The fraction of sp³-hybridized carbons (Fsp3) is 0.333. The lowest BCUT2D eigenvalue weighted by Crippen LogP contribution is -2.18. The Hall–Kier alpha value is -2.30. The van der Waals surface area contributed by atoms with Crippen molar-refractivity contribution in [3.63, 3.8) is 0 Å². The number of nitrogens with zero attached hydrogens (tertiary/aromatic N) is 1. The van der Waals surface area contributed by atoms with Crippen molar-refractivity contribution in [3.05, 3.63) is 47.2 Å². The van der Waals surface area contributed by atoms with Crippen molar-refractivity contribution in [3.8, 4) is 0 Å². The normalized spacial score (nSPS) is 12.7. The molecule has 0 aliphatic carbocycles. The molecule has 1 rings (SSSR count). The number of allylic oxidation sites excluding steroid dienone is 1. The van der Waals surface area contributed by atoms with Crippen LogP contribution in [0.25, 0.3) is 0 Å². The molecule has 0 aromatic heterocycles. The lowest BCUT2D eigenvalue weighted by atomic mass is 10.1. The summed E-state index contributed by atoms with van der Waals surface area (Å²) in [6.07, 6.45) is 0. The number of ether oxygens (including phenoxy) is 1. The molecule has 0 fully saturated rings. The molecule has 0 atom stereocenters. The number of carbonyl (C=O) groups is 1. The number of rotatable bonds is 6. The van der Waals surface area contributed by atoms with Crippen molar-refractivity contribution < 1.29 is 14.4 Å². The van der Waals surface area contributed by atoms with Crippen LogP contribution in [0.3, 0.4) is 0 Å². The zero-order valence-electron chi connectivity index (χ0n) is 12.1. The van der Waals surface area contributed by atoms with E-state index in [1.165, 1.54) is 0 Å². The zero-order valence-corrected chi connectivity index (χ0v) is 12.1. The molecule has 0 saturated carbocycles. The summed E-state index contributed by atoms with van der Waals surface area (Å²) < 4.78 is 4.94.